The second-order valence-corrected chi connectivity index (χ2v) is 9.16. The summed E-state index contributed by atoms with van der Waals surface area (Å²) < 4.78 is 5.22. The van der Waals surface area contributed by atoms with E-state index < -0.39 is 11.7 Å². The number of hydrogen-bond donors (Lipinski definition) is 3. The fourth-order valence-corrected chi connectivity index (χ4v) is 3.56. The number of nitrogens with zero attached hydrogens (tertiary/aromatic N) is 3. The normalized spacial score (nSPS) is 15.5. The van der Waals surface area contributed by atoms with Crippen molar-refractivity contribution in [3.05, 3.63) is 35.9 Å². The van der Waals surface area contributed by atoms with Gasteiger partial charge < -0.3 is 25.6 Å². The van der Waals surface area contributed by atoms with Crippen LogP contribution in [0.1, 0.15) is 39.2 Å². The Morgan fingerprint density at radius 3 is 2.18 bits per heavy atom. The second kappa shape index (κ2) is 16.1. The highest BCUT2D eigenvalue weighted by atomic mass is 127. The van der Waals surface area contributed by atoms with Gasteiger partial charge in [-0.1, -0.05) is 30.3 Å². The molecule has 0 bridgehead atoms. The van der Waals surface area contributed by atoms with Gasteiger partial charge >= 0.3 is 6.09 Å². The van der Waals surface area contributed by atoms with Crippen molar-refractivity contribution in [2.75, 3.05) is 59.4 Å². The average molecular weight is 575 g/mol. The minimum Gasteiger partial charge on any atom is -0.444 e. The van der Waals surface area contributed by atoms with Crippen LogP contribution in [0.5, 0.6) is 0 Å². The van der Waals surface area contributed by atoms with Crippen LogP contribution >= 0.6 is 24.0 Å². The van der Waals surface area contributed by atoms with Crippen molar-refractivity contribution < 1.29 is 9.53 Å². The van der Waals surface area contributed by atoms with E-state index in [1.807, 2.05) is 20.8 Å². The van der Waals surface area contributed by atoms with Crippen LogP contribution in [-0.4, -0.2) is 86.9 Å². The summed E-state index contributed by atoms with van der Waals surface area (Å²) in [5, 5.41) is 9.27. The monoisotopic (exact) mass is 574 g/mol. The molecule has 3 N–H and O–H groups in total. The van der Waals surface area contributed by atoms with Gasteiger partial charge in [-0.25, -0.2) is 4.79 Å². The lowest BCUT2D eigenvalue weighted by atomic mass is 10.2. The Balaban J connectivity index is 0.00000544. The molecule has 0 unspecified atom stereocenters. The number of halogens is 1. The zero-order chi connectivity index (χ0) is 23.2. The van der Waals surface area contributed by atoms with Crippen molar-refractivity contribution in [3.8, 4) is 0 Å². The van der Waals surface area contributed by atoms with E-state index in [1.165, 1.54) is 12.0 Å². The summed E-state index contributed by atoms with van der Waals surface area (Å²) in [6.45, 7) is 14.3. The molecule has 0 aliphatic carbocycles. The minimum atomic E-state index is -0.481. The quantitative estimate of drug-likeness (QED) is 0.173. The number of carbonyl (C=O) groups excluding carboxylic acids is 1. The summed E-state index contributed by atoms with van der Waals surface area (Å²) in [5.74, 6) is 0.755. The Labute approximate surface area is 216 Å². The third-order valence-corrected chi connectivity index (χ3v) is 5.22. The molecule has 188 valence electrons. The van der Waals surface area contributed by atoms with Gasteiger partial charge in [-0.2, -0.15) is 0 Å². The number of nitrogens with one attached hydrogen (secondary N) is 3. The Morgan fingerprint density at radius 2 is 1.55 bits per heavy atom. The third kappa shape index (κ3) is 13.6. The Hall–Kier alpha value is -1.59. The lowest BCUT2D eigenvalue weighted by Crippen LogP contribution is -2.46. The van der Waals surface area contributed by atoms with Gasteiger partial charge in [0.25, 0.3) is 0 Å². The lowest BCUT2D eigenvalue weighted by Gasteiger charge is -2.34. The highest BCUT2D eigenvalue weighted by Gasteiger charge is 2.17. The topological polar surface area (TPSA) is 81.2 Å². The highest BCUT2D eigenvalue weighted by Crippen LogP contribution is 2.09. The Bertz CT molecular complexity index is 688. The number of benzene rings is 1. The molecule has 1 saturated heterocycles. The van der Waals surface area contributed by atoms with Crippen LogP contribution in [-0.2, 0) is 11.3 Å². The molecule has 1 fully saturated rings. The van der Waals surface area contributed by atoms with E-state index in [1.54, 1.807) is 7.05 Å². The molecule has 0 aromatic heterocycles. The van der Waals surface area contributed by atoms with Gasteiger partial charge in [0.2, 0.25) is 0 Å². The van der Waals surface area contributed by atoms with Gasteiger partial charge in [0.15, 0.2) is 5.96 Å². The number of unbranched alkanes of at least 4 members (excludes halogenated alkanes) is 1. The molecule has 1 amide bonds. The van der Waals surface area contributed by atoms with Crippen molar-refractivity contribution in [1.82, 2.24) is 25.8 Å². The molecule has 0 radical (unpaired) electrons. The number of piperazine rings is 1. The summed E-state index contributed by atoms with van der Waals surface area (Å²) in [4.78, 5) is 21.0. The van der Waals surface area contributed by atoms with Crippen LogP contribution in [0.15, 0.2) is 35.3 Å². The number of aliphatic imine (C=N–C) groups is 1. The van der Waals surface area contributed by atoms with Crippen molar-refractivity contribution in [2.24, 2.45) is 4.99 Å². The van der Waals surface area contributed by atoms with Crippen molar-refractivity contribution >= 4 is 36.0 Å². The summed E-state index contributed by atoms with van der Waals surface area (Å²) >= 11 is 0. The van der Waals surface area contributed by atoms with Gasteiger partial charge in [0.05, 0.1) is 0 Å². The maximum Gasteiger partial charge on any atom is 0.407 e. The largest absolute Gasteiger partial charge is 0.444 e. The fraction of sp³-hybridized carbons (Fsp3) is 0.667. The molecular formula is C24H43IN6O2. The third-order valence-electron chi connectivity index (χ3n) is 5.22. The van der Waals surface area contributed by atoms with Crippen molar-refractivity contribution in [1.29, 1.82) is 0 Å². The Morgan fingerprint density at radius 1 is 0.939 bits per heavy atom. The smallest absolute Gasteiger partial charge is 0.407 e. The average Bonchev–Trinajstić information content (AvgIpc) is 2.75. The molecule has 1 aliphatic heterocycles. The zero-order valence-corrected chi connectivity index (χ0v) is 23.1. The molecule has 1 heterocycles. The summed E-state index contributed by atoms with van der Waals surface area (Å²) in [7, 11) is 1.76. The van der Waals surface area contributed by atoms with Gasteiger partial charge in [0, 0.05) is 59.4 Å². The van der Waals surface area contributed by atoms with E-state index in [9.17, 15) is 4.79 Å². The van der Waals surface area contributed by atoms with Crippen LogP contribution in [0.3, 0.4) is 0 Å². The summed E-state index contributed by atoms with van der Waals surface area (Å²) in [6.07, 6.45) is 1.87. The first kappa shape index (κ1) is 29.4. The van der Waals surface area contributed by atoms with Crippen molar-refractivity contribution in [3.63, 3.8) is 0 Å². The summed E-state index contributed by atoms with van der Waals surface area (Å²) in [6, 6.07) is 10.7. The summed E-state index contributed by atoms with van der Waals surface area (Å²) in [5.41, 5.74) is 0.917. The van der Waals surface area contributed by atoms with Crippen LogP contribution in [0.2, 0.25) is 0 Å². The van der Waals surface area contributed by atoms with Crippen LogP contribution in [0, 0.1) is 0 Å². The van der Waals surface area contributed by atoms with E-state index in [-0.39, 0.29) is 24.0 Å². The number of guanidine groups is 1. The molecule has 1 aliphatic rings. The number of ether oxygens (including phenoxy) is 1. The second-order valence-electron chi connectivity index (χ2n) is 9.16. The fourth-order valence-electron chi connectivity index (χ4n) is 3.56. The molecule has 9 heteroatoms. The van der Waals surface area contributed by atoms with E-state index in [0.717, 1.165) is 58.2 Å². The standard InChI is InChI=1S/C24H42N6O2.HI/c1-24(2,3)32-23(31)28-14-13-27-22(25-4)26-12-8-9-15-29-16-18-30(19-17-29)20-21-10-6-5-7-11-21;/h5-7,10-11H,8-9,12-20H2,1-4H3,(H,28,31)(H2,25,26,27);1H. The van der Waals surface area contributed by atoms with Gasteiger partial charge in [-0.15, -0.1) is 24.0 Å². The number of hydrogen-bond acceptors (Lipinski definition) is 5. The van der Waals surface area contributed by atoms with Crippen LogP contribution in [0.25, 0.3) is 0 Å². The number of alkyl carbamates (subject to hydrolysis) is 1. The predicted molar refractivity (Wildman–Crippen MR) is 146 cm³/mol. The molecule has 0 atom stereocenters. The Kier molecular flexibility index (Phi) is 14.4. The lowest BCUT2D eigenvalue weighted by molar-refractivity contribution is 0.0529. The van der Waals surface area contributed by atoms with Gasteiger partial charge in [-0.3, -0.25) is 9.89 Å². The van der Waals surface area contributed by atoms with Gasteiger partial charge in [-0.05, 0) is 45.7 Å². The van der Waals surface area contributed by atoms with Crippen molar-refractivity contribution in [2.45, 2.75) is 45.8 Å². The molecule has 0 saturated carbocycles. The first-order chi connectivity index (χ1) is 15.4. The zero-order valence-electron chi connectivity index (χ0n) is 20.7. The SMILES string of the molecule is CN=C(NCCCCN1CCN(Cc2ccccc2)CC1)NCCNC(=O)OC(C)(C)C.I. The minimum absolute atomic E-state index is 0. The number of amides is 1. The van der Waals surface area contributed by atoms with Gasteiger partial charge in [0.1, 0.15) is 5.60 Å². The molecule has 1 aromatic carbocycles. The highest BCUT2D eigenvalue weighted by molar-refractivity contribution is 14.0. The maximum absolute atomic E-state index is 11.6. The molecule has 33 heavy (non-hydrogen) atoms. The molecule has 8 nitrogen and oxygen atoms in total. The number of rotatable bonds is 10. The number of carbonyl (C=O) groups is 1. The van der Waals surface area contributed by atoms with E-state index in [4.69, 9.17) is 4.74 Å². The molecule has 2 rings (SSSR count). The van der Waals surface area contributed by atoms with E-state index >= 15 is 0 Å². The molecular weight excluding hydrogens is 531 g/mol. The predicted octanol–water partition coefficient (Wildman–Crippen LogP) is 2.89. The van der Waals surface area contributed by atoms with E-state index in [2.05, 4.69) is 61.1 Å². The van der Waals surface area contributed by atoms with Crippen LogP contribution in [0.4, 0.5) is 4.79 Å². The first-order valence-corrected chi connectivity index (χ1v) is 11.8. The molecule has 0 spiro atoms. The molecule has 1 aromatic rings. The first-order valence-electron chi connectivity index (χ1n) is 11.8. The maximum atomic E-state index is 11.6. The van der Waals surface area contributed by atoms with Crippen LogP contribution < -0.4 is 16.0 Å². The van der Waals surface area contributed by atoms with E-state index in [0.29, 0.717) is 13.1 Å².